The van der Waals surface area contributed by atoms with Crippen LogP contribution in [0.15, 0.2) is 0 Å². The van der Waals surface area contributed by atoms with Gasteiger partial charge in [0.15, 0.2) is 0 Å². The molecule has 0 aliphatic carbocycles. The Hall–Kier alpha value is -1.10. The zero-order valence-corrected chi connectivity index (χ0v) is 8.80. The summed E-state index contributed by atoms with van der Waals surface area (Å²) in [4.78, 5) is 21.9. The van der Waals surface area contributed by atoms with Crippen LogP contribution in [0.25, 0.3) is 0 Å². The van der Waals surface area contributed by atoms with Gasteiger partial charge in [-0.3, -0.25) is 9.59 Å². The number of amides is 2. The van der Waals surface area contributed by atoms with Gasteiger partial charge in [-0.05, 0) is 13.3 Å². The van der Waals surface area contributed by atoms with Crippen molar-refractivity contribution in [2.75, 3.05) is 13.1 Å². The summed E-state index contributed by atoms with van der Waals surface area (Å²) in [5, 5.41) is 5.33. The van der Waals surface area contributed by atoms with Gasteiger partial charge in [0.1, 0.15) is 0 Å². The van der Waals surface area contributed by atoms with Gasteiger partial charge in [-0.1, -0.05) is 6.92 Å². The average molecular weight is 201 g/mol. The highest BCUT2D eigenvalue weighted by atomic mass is 16.2. The Bertz CT molecular complexity index is 194. The van der Waals surface area contributed by atoms with Gasteiger partial charge in [0.25, 0.3) is 0 Å². The smallest absolute Gasteiger partial charge is 0.233 e. The second-order valence-electron chi connectivity index (χ2n) is 3.18. The molecule has 5 heteroatoms. The van der Waals surface area contributed by atoms with E-state index in [-0.39, 0.29) is 24.4 Å². The standard InChI is InChI=1S/C9H19N3O2/c1-3-7(2)12-8(13)4-5-11-9(14)6-10/h7H,3-6,10H2,1-2H3,(H,11,14)(H,12,13). The fraction of sp³-hybridized carbons (Fsp3) is 0.778. The zero-order valence-electron chi connectivity index (χ0n) is 8.80. The lowest BCUT2D eigenvalue weighted by molar-refractivity contribution is -0.122. The van der Waals surface area contributed by atoms with E-state index in [4.69, 9.17) is 5.73 Å². The second-order valence-corrected chi connectivity index (χ2v) is 3.18. The van der Waals surface area contributed by atoms with Gasteiger partial charge in [0, 0.05) is 19.0 Å². The second kappa shape index (κ2) is 7.32. The molecule has 0 fully saturated rings. The minimum Gasteiger partial charge on any atom is -0.354 e. The maximum Gasteiger partial charge on any atom is 0.233 e. The monoisotopic (exact) mass is 201 g/mol. The largest absolute Gasteiger partial charge is 0.354 e. The van der Waals surface area contributed by atoms with Gasteiger partial charge in [-0.15, -0.1) is 0 Å². The van der Waals surface area contributed by atoms with Crippen molar-refractivity contribution in [1.82, 2.24) is 10.6 Å². The molecule has 0 spiro atoms. The fourth-order valence-corrected chi connectivity index (χ4v) is 0.837. The highest BCUT2D eigenvalue weighted by Crippen LogP contribution is 1.88. The molecule has 0 aromatic rings. The molecule has 0 saturated heterocycles. The van der Waals surface area contributed by atoms with E-state index < -0.39 is 0 Å². The summed E-state index contributed by atoms with van der Waals surface area (Å²) in [6, 6.07) is 0.188. The van der Waals surface area contributed by atoms with Crippen molar-refractivity contribution in [2.24, 2.45) is 5.73 Å². The van der Waals surface area contributed by atoms with Crippen molar-refractivity contribution in [3.05, 3.63) is 0 Å². The van der Waals surface area contributed by atoms with Crippen LogP contribution in [0, 0.1) is 0 Å². The van der Waals surface area contributed by atoms with Crippen molar-refractivity contribution in [3.63, 3.8) is 0 Å². The minimum absolute atomic E-state index is 0.0347. The van der Waals surface area contributed by atoms with Crippen LogP contribution in [-0.4, -0.2) is 30.9 Å². The van der Waals surface area contributed by atoms with Crippen molar-refractivity contribution >= 4 is 11.8 Å². The third kappa shape index (κ3) is 6.42. The number of nitrogens with one attached hydrogen (secondary N) is 2. The van der Waals surface area contributed by atoms with Crippen LogP contribution < -0.4 is 16.4 Å². The number of hydrogen-bond acceptors (Lipinski definition) is 3. The van der Waals surface area contributed by atoms with Gasteiger partial charge in [0.2, 0.25) is 11.8 Å². The molecule has 0 radical (unpaired) electrons. The van der Waals surface area contributed by atoms with E-state index in [2.05, 4.69) is 10.6 Å². The Morgan fingerprint density at radius 3 is 2.50 bits per heavy atom. The molecule has 0 bridgehead atoms. The summed E-state index contributed by atoms with van der Waals surface area (Å²) in [5.41, 5.74) is 5.08. The Morgan fingerprint density at radius 1 is 1.36 bits per heavy atom. The van der Waals surface area contributed by atoms with Crippen LogP contribution in [0.3, 0.4) is 0 Å². The molecule has 1 unspecified atom stereocenters. The lowest BCUT2D eigenvalue weighted by Gasteiger charge is -2.11. The number of carbonyl (C=O) groups is 2. The van der Waals surface area contributed by atoms with Crippen LogP contribution in [0.5, 0.6) is 0 Å². The molecule has 0 aliphatic heterocycles. The molecular weight excluding hydrogens is 182 g/mol. The first kappa shape index (κ1) is 12.9. The predicted molar refractivity (Wildman–Crippen MR) is 54.6 cm³/mol. The third-order valence-corrected chi connectivity index (χ3v) is 1.88. The summed E-state index contributed by atoms with van der Waals surface area (Å²) in [7, 11) is 0. The van der Waals surface area contributed by atoms with Gasteiger partial charge >= 0.3 is 0 Å². The highest BCUT2D eigenvalue weighted by molar-refractivity contribution is 5.79. The van der Waals surface area contributed by atoms with E-state index in [1.54, 1.807) is 0 Å². The molecule has 0 saturated carbocycles. The van der Waals surface area contributed by atoms with Gasteiger partial charge < -0.3 is 16.4 Å². The molecule has 4 N–H and O–H groups in total. The van der Waals surface area contributed by atoms with Crippen LogP contribution in [-0.2, 0) is 9.59 Å². The quantitative estimate of drug-likeness (QED) is 0.535. The van der Waals surface area contributed by atoms with Crippen LogP contribution in [0.2, 0.25) is 0 Å². The van der Waals surface area contributed by atoms with E-state index in [1.807, 2.05) is 13.8 Å². The average Bonchev–Trinajstić information content (AvgIpc) is 2.17. The summed E-state index contributed by atoms with van der Waals surface area (Å²) >= 11 is 0. The molecule has 0 aromatic heterocycles. The Balaban J connectivity index is 3.49. The molecule has 82 valence electrons. The van der Waals surface area contributed by atoms with E-state index >= 15 is 0 Å². The van der Waals surface area contributed by atoms with E-state index in [1.165, 1.54) is 0 Å². The molecule has 0 heterocycles. The Kier molecular flexibility index (Phi) is 6.74. The maximum atomic E-state index is 11.2. The number of nitrogens with two attached hydrogens (primary N) is 1. The zero-order chi connectivity index (χ0) is 11.0. The molecular formula is C9H19N3O2. The minimum atomic E-state index is -0.235. The van der Waals surface area contributed by atoms with E-state index in [9.17, 15) is 9.59 Å². The van der Waals surface area contributed by atoms with E-state index in [0.717, 1.165) is 6.42 Å². The number of hydrogen-bond donors (Lipinski definition) is 3. The van der Waals surface area contributed by atoms with Gasteiger partial charge in [-0.2, -0.15) is 0 Å². The normalized spacial score (nSPS) is 11.9. The van der Waals surface area contributed by atoms with Crippen LogP contribution >= 0.6 is 0 Å². The van der Waals surface area contributed by atoms with E-state index in [0.29, 0.717) is 13.0 Å². The highest BCUT2D eigenvalue weighted by Gasteiger charge is 2.05. The summed E-state index contributed by atoms with van der Waals surface area (Å²) in [6.07, 6.45) is 1.21. The molecule has 5 nitrogen and oxygen atoms in total. The van der Waals surface area contributed by atoms with Gasteiger partial charge in [0.05, 0.1) is 6.54 Å². The first-order valence-electron chi connectivity index (χ1n) is 4.86. The third-order valence-electron chi connectivity index (χ3n) is 1.88. The predicted octanol–water partition coefficient (Wildman–Crippen LogP) is -0.634. The number of rotatable bonds is 6. The Labute approximate surface area is 84.4 Å². The SMILES string of the molecule is CCC(C)NC(=O)CCNC(=O)CN. The first-order valence-corrected chi connectivity index (χ1v) is 4.86. The summed E-state index contributed by atoms with van der Waals surface area (Å²) in [6.45, 7) is 4.25. The lowest BCUT2D eigenvalue weighted by Crippen LogP contribution is -2.36. The summed E-state index contributed by atoms with van der Waals surface area (Å²) in [5.74, 6) is -0.280. The van der Waals surface area contributed by atoms with Crippen molar-refractivity contribution in [1.29, 1.82) is 0 Å². The maximum absolute atomic E-state index is 11.2. The van der Waals surface area contributed by atoms with Crippen LogP contribution in [0.1, 0.15) is 26.7 Å². The van der Waals surface area contributed by atoms with Crippen molar-refractivity contribution in [2.45, 2.75) is 32.7 Å². The molecule has 1 atom stereocenters. The molecule has 0 aromatic carbocycles. The van der Waals surface area contributed by atoms with Crippen molar-refractivity contribution in [3.8, 4) is 0 Å². The first-order chi connectivity index (χ1) is 6.60. The summed E-state index contributed by atoms with van der Waals surface area (Å²) < 4.78 is 0. The van der Waals surface area contributed by atoms with Crippen molar-refractivity contribution < 1.29 is 9.59 Å². The molecule has 0 aliphatic rings. The molecule has 0 rings (SSSR count). The lowest BCUT2D eigenvalue weighted by atomic mass is 10.2. The topological polar surface area (TPSA) is 84.2 Å². The molecule has 2 amide bonds. The Morgan fingerprint density at radius 2 is 2.00 bits per heavy atom. The molecule has 14 heavy (non-hydrogen) atoms. The fourth-order valence-electron chi connectivity index (χ4n) is 0.837. The number of carbonyl (C=O) groups excluding carboxylic acids is 2. The van der Waals surface area contributed by atoms with Crippen LogP contribution in [0.4, 0.5) is 0 Å². The van der Waals surface area contributed by atoms with Gasteiger partial charge in [-0.25, -0.2) is 0 Å².